The molecule has 4 rings (SSSR count). The lowest BCUT2D eigenvalue weighted by atomic mass is 10.1. The van der Waals surface area contributed by atoms with E-state index in [1.54, 1.807) is 18.2 Å². The Kier molecular flexibility index (Phi) is 5.53. The molecule has 1 aromatic carbocycles. The van der Waals surface area contributed by atoms with Crippen molar-refractivity contribution in [2.45, 2.75) is 6.54 Å². The Labute approximate surface area is 172 Å². The minimum Gasteiger partial charge on any atom is -0.496 e. The van der Waals surface area contributed by atoms with Crippen LogP contribution in [0.2, 0.25) is 0 Å². The maximum atomic E-state index is 12.9. The Morgan fingerprint density at radius 2 is 1.97 bits per heavy atom. The zero-order valence-corrected chi connectivity index (χ0v) is 16.4. The third-order valence-electron chi connectivity index (χ3n) is 4.97. The second-order valence-corrected chi connectivity index (χ2v) is 6.81. The Morgan fingerprint density at radius 1 is 1.17 bits per heavy atom. The zero-order valence-electron chi connectivity index (χ0n) is 16.4. The van der Waals surface area contributed by atoms with Crippen molar-refractivity contribution in [2.75, 3.05) is 38.3 Å². The van der Waals surface area contributed by atoms with Gasteiger partial charge in [-0.05, 0) is 30.3 Å². The Hall–Kier alpha value is -3.59. The highest BCUT2D eigenvalue weighted by molar-refractivity contribution is 6.31. The van der Waals surface area contributed by atoms with Crippen LogP contribution < -0.4 is 15.0 Å². The molecular weight excluding hydrogens is 390 g/mol. The van der Waals surface area contributed by atoms with Crippen molar-refractivity contribution in [1.29, 1.82) is 0 Å². The SMILES string of the molecule is COc1cc(N2CCOCC2)ccc1/C=C1\C(=O)NC(=O)N(Cc2ccco2)C1=O. The third kappa shape index (κ3) is 3.92. The van der Waals surface area contributed by atoms with Crippen LogP contribution in [-0.4, -0.2) is 56.2 Å². The van der Waals surface area contributed by atoms with Gasteiger partial charge in [-0.25, -0.2) is 4.79 Å². The van der Waals surface area contributed by atoms with Crippen molar-refractivity contribution in [3.8, 4) is 5.75 Å². The van der Waals surface area contributed by atoms with Gasteiger partial charge in [-0.3, -0.25) is 19.8 Å². The van der Waals surface area contributed by atoms with Crippen molar-refractivity contribution in [3.05, 3.63) is 53.5 Å². The second-order valence-electron chi connectivity index (χ2n) is 6.81. The predicted octanol–water partition coefficient (Wildman–Crippen LogP) is 1.79. The standard InChI is InChI=1S/C21H21N3O6/c1-28-18-12-15(23-6-9-29-10-7-23)5-4-14(18)11-17-19(25)22-21(27)24(20(17)26)13-16-3-2-8-30-16/h2-5,8,11-12H,6-7,9-10,13H2,1H3,(H,22,25,27)/b17-11+. The van der Waals surface area contributed by atoms with E-state index in [4.69, 9.17) is 13.9 Å². The van der Waals surface area contributed by atoms with Crippen molar-refractivity contribution in [2.24, 2.45) is 0 Å². The number of urea groups is 1. The lowest BCUT2D eigenvalue weighted by Crippen LogP contribution is -2.53. The Balaban J connectivity index is 1.62. The highest BCUT2D eigenvalue weighted by Gasteiger charge is 2.36. The summed E-state index contributed by atoms with van der Waals surface area (Å²) < 4.78 is 16.1. The summed E-state index contributed by atoms with van der Waals surface area (Å²) in [6, 6.07) is 8.06. The first-order valence-electron chi connectivity index (χ1n) is 9.49. The molecule has 4 amide bonds. The minimum absolute atomic E-state index is 0.0740. The number of carbonyl (C=O) groups excluding carboxylic acids is 3. The van der Waals surface area contributed by atoms with Crippen LogP contribution >= 0.6 is 0 Å². The molecule has 1 aromatic heterocycles. The number of carbonyl (C=O) groups is 3. The lowest BCUT2D eigenvalue weighted by molar-refractivity contribution is -0.130. The molecule has 2 saturated heterocycles. The topological polar surface area (TPSA) is 101 Å². The fraction of sp³-hybridized carbons (Fsp3) is 0.286. The van der Waals surface area contributed by atoms with Gasteiger partial charge < -0.3 is 18.8 Å². The van der Waals surface area contributed by atoms with Crippen LogP contribution in [0, 0.1) is 0 Å². The average Bonchev–Trinajstić information content (AvgIpc) is 3.28. The van der Waals surface area contributed by atoms with Crippen molar-refractivity contribution < 1.29 is 28.3 Å². The molecule has 2 fully saturated rings. The second kappa shape index (κ2) is 8.42. The molecule has 0 unspecified atom stereocenters. The molecule has 0 atom stereocenters. The molecule has 0 spiro atoms. The number of anilines is 1. The summed E-state index contributed by atoms with van der Waals surface area (Å²) >= 11 is 0. The maximum Gasteiger partial charge on any atom is 0.331 e. The van der Waals surface area contributed by atoms with E-state index >= 15 is 0 Å². The number of morpholine rings is 1. The number of barbiturate groups is 1. The first-order chi connectivity index (χ1) is 14.6. The lowest BCUT2D eigenvalue weighted by Gasteiger charge is -2.29. The molecule has 0 aliphatic carbocycles. The van der Waals surface area contributed by atoms with Crippen LogP contribution in [0.5, 0.6) is 5.75 Å². The monoisotopic (exact) mass is 411 g/mol. The highest BCUT2D eigenvalue weighted by atomic mass is 16.5. The summed E-state index contributed by atoms with van der Waals surface area (Å²) in [6.07, 6.45) is 2.88. The van der Waals surface area contributed by atoms with Gasteiger partial charge in [-0.15, -0.1) is 0 Å². The molecular formula is C21H21N3O6. The number of benzene rings is 1. The van der Waals surface area contributed by atoms with Crippen LogP contribution in [0.4, 0.5) is 10.5 Å². The average molecular weight is 411 g/mol. The minimum atomic E-state index is -0.784. The van der Waals surface area contributed by atoms with E-state index in [0.717, 1.165) is 23.7 Å². The zero-order chi connectivity index (χ0) is 21.1. The van der Waals surface area contributed by atoms with Gasteiger partial charge in [0.15, 0.2) is 0 Å². The van der Waals surface area contributed by atoms with Gasteiger partial charge in [0.05, 0.1) is 33.1 Å². The Bertz CT molecular complexity index is 992. The molecule has 9 nitrogen and oxygen atoms in total. The predicted molar refractivity (Wildman–Crippen MR) is 107 cm³/mol. The number of hydrogen-bond donors (Lipinski definition) is 1. The van der Waals surface area contributed by atoms with Gasteiger partial charge in [-0.2, -0.15) is 0 Å². The molecule has 1 N–H and O–H groups in total. The number of hydrogen-bond acceptors (Lipinski definition) is 7. The first kappa shape index (κ1) is 19.7. The van der Waals surface area contributed by atoms with Crippen molar-refractivity contribution >= 4 is 29.6 Å². The van der Waals surface area contributed by atoms with E-state index in [2.05, 4.69) is 10.2 Å². The quantitative estimate of drug-likeness (QED) is 0.591. The van der Waals surface area contributed by atoms with Gasteiger partial charge in [0.1, 0.15) is 17.1 Å². The van der Waals surface area contributed by atoms with Gasteiger partial charge >= 0.3 is 6.03 Å². The van der Waals surface area contributed by atoms with Crippen LogP contribution in [0.1, 0.15) is 11.3 Å². The fourth-order valence-corrected chi connectivity index (χ4v) is 3.39. The fourth-order valence-electron chi connectivity index (χ4n) is 3.39. The Morgan fingerprint density at radius 3 is 2.67 bits per heavy atom. The molecule has 2 aromatic rings. The van der Waals surface area contributed by atoms with Gasteiger partial charge in [0.2, 0.25) is 0 Å². The largest absolute Gasteiger partial charge is 0.496 e. The molecule has 9 heteroatoms. The van der Waals surface area contributed by atoms with E-state index in [1.165, 1.54) is 19.4 Å². The first-order valence-corrected chi connectivity index (χ1v) is 9.49. The molecule has 2 aliphatic heterocycles. The molecule has 0 bridgehead atoms. The number of rotatable bonds is 5. The smallest absolute Gasteiger partial charge is 0.331 e. The van der Waals surface area contributed by atoms with E-state index in [9.17, 15) is 14.4 Å². The maximum absolute atomic E-state index is 12.9. The molecule has 156 valence electrons. The molecule has 30 heavy (non-hydrogen) atoms. The van der Waals surface area contributed by atoms with E-state index in [0.29, 0.717) is 30.3 Å². The van der Waals surface area contributed by atoms with Crippen LogP contribution in [0.15, 0.2) is 46.6 Å². The molecule has 3 heterocycles. The summed E-state index contributed by atoms with van der Waals surface area (Å²) in [7, 11) is 1.52. The van der Waals surface area contributed by atoms with E-state index < -0.39 is 17.8 Å². The van der Waals surface area contributed by atoms with Crippen LogP contribution in [-0.2, 0) is 20.9 Å². The van der Waals surface area contributed by atoms with Crippen LogP contribution in [0.25, 0.3) is 6.08 Å². The summed E-state index contributed by atoms with van der Waals surface area (Å²) in [5, 5.41) is 2.20. The molecule has 0 saturated carbocycles. The number of nitrogens with zero attached hydrogens (tertiary/aromatic N) is 2. The summed E-state index contributed by atoms with van der Waals surface area (Å²) in [5.41, 5.74) is 1.37. The summed E-state index contributed by atoms with van der Waals surface area (Å²) in [6.45, 7) is 2.78. The van der Waals surface area contributed by atoms with E-state index in [-0.39, 0.29) is 12.1 Å². The van der Waals surface area contributed by atoms with Gasteiger partial charge in [0, 0.05) is 30.4 Å². The number of methoxy groups -OCH3 is 1. The van der Waals surface area contributed by atoms with Gasteiger partial charge in [0.25, 0.3) is 11.8 Å². The molecule has 2 aliphatic rings. The van der Waals surface area contributed by atoms with Crippen molar-refractivity contribution in [1.82, 2.24) is 10.2 Å². The summed E-state index contributed by atoms with van der Waals surface area (Å²) in [5.74, 6) is -0.499. The van der Waals surface area contributed by atoms with Gasteiger partial charge in [-0.1, -0.05) is 0 Å². The summed E-state index contributed by atoms with van der Waals surface area (Å²) in [4.78, 5) is 40.5. The number of imide groups is 2. The number of furan rings is 1. The van der Waals surface area contributed by atoms with E-state index in [1.807, 2.05) is 12.1 Å². The highest BCUT2D eigenvalue weighted by Crippen LogP contribution is 2.29. The number of amides is 4. The number of nitrogens with one attached hydrogen (secondary N) is 1. The number of ether oxygens (including phenoxy) is 2. The van der Waals surface area contributed by atoms with Crippen LogP contribution in [0.3, 0.4) is 0 Å². The van der Waals surface area contributed by atoms with Crippen molar-refractivity contribution in [3.63, 3.8) is 0 Å². The normalized spacial score (nSPS) is 18.7. The third-order valence-corrected chi connectivity index (χ3v) is 4.97. The molecule has 0 radical (unpaired) electrons.